The zero-order valence-corrected chi connectivity index (χ0v) is 14.8. The van der Waals surface area contributed by atoms with Crippen molar-refractivity contribution in [3.8, 4) is 11.4 Å². The monoisotopic (exact) mass is 369 g/mol. The quantitative estimate of drug-likeness (QED) is 0.412. The number of nitrogens with one attached hydrogen (secondary N) is 1. The van der Waals surface area contributed by atoms with Gasteiger partial charge in [-0.05, 0) is 17.7 Å². The van der Waals surface area contributed by atoms with Crippen LogP contribution in [0.2, 0.25) is 0 Å². The molecular weight excluding hydrogens is 353 g/mol. The van der Waals surface area contributed by atoms with Crippen molar-refractivity contribution in [2.45, 2.75) is 5.16 Å². The Labute approximate surface area is 154 Å². The summed E-state index contributed by atoms with van der Waals surface area (Å²) in [4.78, 5) is 11.9. The summed E-state index contributed by atoms with van der Waals surface area (Å²) in [5.74, 6) is 0.309. The van der Waals surface area contributed by atoms with Crippen LogP contribution in [0.15, 0.2) is 64.9 Å². The number of hydrazone groups is 1. The molecule has 26 heavy (non-hydrogen) atoms. The van der Waals surface area contributed by atoms with E-state index in [1.54, 1.807) is 12.1 Å². The van der Waals surface area contributed by atoms with Gasteiger partial charge in [0.05, 0.1) is 12.0 Å². The third-order valence-electron chi connectivity index (χ3n) is 3.47. The lowest BCUT2D eigenvalue weighted by molar-refractivity contribution is -0.118. The van der Waals surface area contributed by atoms with Gasteiger partial charge in [0.15, 0.2) is 11.0 Å². The Morgan fingerprint density at radius 3 is 2.65 bits per heavy atom. The number of benzene rings is 2. The number of carbonyl (C=O) groups excluding carboxylic acids is 1. The van der Waals surface area contributed by atoms with Crippen LogP contribution >= 0.6 is 11.8 Å². The van der Waals surface area contributed by atoms with Crippen molar-refractivity contribution in [1.29, 1.82) is 0 Å². The zero-order valence-electron chi connectivity index (χ0n) is 14.0. The molecule has 0 saturated carbocycles. The number of amides is 1. The minimum atomic E-state index is -0.318. The van der Waals surface area contributed by atoms with Gasteiger partial charge in [0, 0.05) is 12.6 Å². The van der Waals surface area contributed by atoms with Gasteiger partial charge in [-0.3, -0.25) is 4.79 Å². The third kappa shape index (κ3) is 4.54. The van der Waals surface area contributed by atoms with Crippen molar-refractivity contribution < 1.29 is 9.18 Å². The Morgan fingerprint density at radius 2 is 1.92 bits per heavy atom. The van der Waals surface area contributed by atoms with E-state index >= 15 is 0 Å². The Bertz CT molecular complexity index is 909. The minimum absolute atomic E-state index is 0.154. The first-order chi connectivity index (χ1) is 12.6. The molecule has 8 heteroatoms. The summed E-state index contributed by atoms with van der Waals surface area (Å²) in [5.41, 5.74) is 4.09. The number of carbonyl (C=O) groups is 1. The molecule has 0 unspecified atom stereocenters. The fourth-order valence-electron chi connectivity index (χ4n) is 2.17. The van der Waals surface area contributed by atoms with Crippen LogP contribution in [0.25, 0.3) is 11.4 Å². The maximum Gasteiger partial charge on any atom is 0.250 e. The van der Waals surface area contributed by atoms with Crippen molar-refractivity contribution in [3.05, 3.63) is 66.0 Å². The van der Waals surface area contributed by atoms with Gasteiger partial charge in [-0.15, -0.1) is 10.2 Å². The van der Waals surface area contributed by atoms with Gasteiger partial charge in [0.25, 0.3) is 5.91 Å². The molecule has 0 spiro atoms. The van der Waals surface area contributed by atoms with Gasteiger partial charge in [-0.25, -0.2) is 9.82 Å². The molecule has 0 aliphatic carbocycles. The zero-order chi connectivity index (χ0) is 18.4. The highest BCUT2D eigenvalue weighted by Gasteiger charge is 2.12. The number of rotatable bonds is 6. The Kier molecular flexibility index (Phi) is 5.75. The van der Waals surface area contributed by atoms with Gasteiger partial charge >= 0.3 is 0 Å². The van der Waals surface area contributed by atoms with Crippen molar-refractivity contribution in [2.24, 2.45) is 12.1 Å². The highest BCUT2D eigenvalue weighted by Crippen LogP contribution is 2.22. The summed E-state index contributed by atoms with van der Waals surface area (Å²) in [6.45, 7) is 0. The minimum Gasteiger partial charge on any atom is -0.305 e. The van der Waals surface area contributed by atoms with Crippen molar-refractivity contribution in [1.82, 2.24) is 20.2 Å². The van der Waals surface area contributed by atoms with E-state index in [0.717, 1.165) is 11.4 Å². The normalized spacial score (nSPS) is 11.0. The topological polar surface area (TPSA) is 72.2 Å². The first-order valence-electron chi connectivity index (χ1n) is 7.78. The highest BCUT2D eigenvalue weighted by atomic mass is 32.2. The van der Waals surface area contributed by atoms with Crippen LogP contribution in [-0.2, 0) is 11.8 Å². The Balaban J connectivity index is 1.53. The van der Waals surface area contributed by atoms with E-state index in [1.165, 1.54) is 30.1 Å². The van der Waals surface area contributed by atoms with E-state index in [2.05, 4.69) is 20.7 Å². The molecule has 1 amide bonds. The second-order valence-corrected chi connectivity index (χ2v) is 6.31. The molecule has 0 saturated heterocycles. The second kappa shape index (κ2) is 8.39. The van der Waals surface area contributed by atoms with Crippen molar-refractivity contribution in [3.63, 3.8) is 0 Å². The first kappa shape index (κ1) is 17.8. The van der Waals surface area contributed by atoms with E-state index in [0.29, 0.717) is 10.7 Å². The predicted octanol–water partition coefficient (Wildman–Crippen LogP) is 2.86. The molecule has 0 aliphatic heterocycles. The summed E-state index contributed by atoms with van der Waals surface area (Å²) in [5, 5.41) is 12.8. The largest absolute Gasteiger partial charge is 0.305 e. The lowest BCUT2D eigenvalue weighted by Crippen LogP contribution is -2.19. The maximum atomic E-state index is 12.8. The second-order valence-electron chi connectivity index (χ2n) is 5.36. The summed E-state index contributed by atoms with van der Waals surface area (Å²) in [6, 6.07) is 15.5. The molecule has 132 valence electrons. The average Bonchev–Trinajstić information content (AvgIpc) is 3.03. The lowest BCUT2D eigenvalue weighted by Gasteiger charge is -2.03. The predicted molar refractivity (Wildman–Crippen MR) is 99.3 cm³/mol. The van der Waals surface area contributed by atoms with Crippen LogP contribution in [0.5, 0.6) is 0 Å². The Morgan fingerprint density at radius 1 is 1.19 bits per heavy atom. The number of aromatic nitrogens is 3. The number of hydrogen-bond acceptors (Lipinski definition) is 5. The Hall–Kier alpha value is -3.00. The highest BCUT2D eigenvalue weighted by molar-refractivity contribution is 7.99. The smallest absolute Gasteiger partial charge is 0.250 e. The number of thioether (sulfide) groups is 1. The number of halogens is 1. The van der Waals surface area contributed by atoms with Gasteiger partial charge in [-0.2, -0.15) is 5.10 Å². The van der Waals surface area contributed by atoms with Crippen molar-refractivity contribution in [2.75, 3.05) is 5.75 Å². The molecule has 0 atom stereocenters. The molecule has 1 heterocycles. The van der Waals surface area contributed by atoms with Gasteiger partial charge in [0.2, 0.25) is 0 Å². The van der Waals surface area contributed by atoms with Crippen LogP contribution in [0, 0.1) is 5.82 Å². The van der Waals surface area contributed by atoms with Gasteiger partial charge in [0.1, 0.15) is 5.82 Å². The van der Waals surface area contributed by atoms with E-state index in [-0.39, 0.29) is 17.5 Å². The van der Waals surface area contributed by atoms with Gasteiger partial charge < -0.3 is 4.57 Å². The third-order valence-corrected chi connectivity index (χ3v) is 4.49. The molecule has 3 aromatic rings. The number of hydrogen-bond donors (Lipinski definition) is 1. The van der Waals surface area contributed by atoms with Crippen LogP contribution in [-0.4, -0.2) is 32.6 Å². The lowest BCUT2D eigenvalue weighted by atomic mass is 10.2. The molecule has 6 nitrogen and oxygen atoms in total. The van der Waals surface area contributed by atoms with E-state index in [4.69, 9.17) is 0 Å². The fraction of sp³-hybridized carbons (Fsp3) is 0.111. The molecular formula is C18H16FN5OS. The summed E-state index contributed by atoms with van der Waals surface area (Å²) in [6.07, 6.45) is 1.46. The van der Waals surface area contributed by atoms with Crippen LogP contribution in [0.4, 0.5) is 4.39 Å². The molecule has 1 N–H and O–H groups in total. The summed E-state index contributed by atoms with van der Waals surface area (Å²) < 4.78 is 14.7. The molecule has 0 bridgehead atoms. The van der Waals surface area contributed by atoms with E-state index in [9.17, 15) is 9.18 Å². The van der Waals surface area contributed by atoms with Crippen LogP contribution in [0.1, 0.15) is 5.56 Å². The first-order valence-corrected chi connectivity index (χ1v) is 8.77. The maximum absolute atomic E-state index is 12.8. The molecule has 0 fully saturated rings. The summed E-state index contributed by atoms with van der Waals surface area (Å²) >= 11 is 1.27. The SMILES string of the molecule is Cn1c(SCC(=O)NN=Cc2ccc(F)cc2)nnc1-c1ccccc1. The van der Waals surface area contributed by atoms with E-state index < -0.39 is 0 Å². The van der Waals surface area contributed by atoms with Crippen LogP contribution in [0.3, 0.4) is 0 Å². The molecule has 0 radical (unpaired) electrons. The molecule has 1 aromatic heterocycles. The van der Waals surface area contributed by atoms with Crippen molar-refractivity contribution >= 4 is 23.9 Å². The molecule has 0 aliphatic rings. The molecule has 3 rings (SSSR count). The van der Waals surface area contributed by atoms with Gasteiger partial charge in [-0.1, -0.05) is 54.2 Å². The average molecular weight is 369 g/mol. The fourth-order valence-corrected chi connectivity index (χ4v) is 2.87. The van der Waals surface area contributed by atoms with Crippen LogP contribution < -0.4 is 5.43 Å². The van der Waals surface area contributed by atoms with E-state index in [1.807, 2.05) is 41.9 Å². The molecule has 2 aromatic carbocycles. The number of nitrogens with zero attached hydrogens (tertiary/aromatic N) is 4. The summed E-state index contributed by atoms with van der Waals surface area (Å²) in [7, 11) is 1.86. The standard InChI is InChI=1S/C18H16FN5OS/c1-24-17(14-5-3-2-4-6-14)22-23-18(24)26-12-16(25)21-20-11-13-7-9-15(19)10-8-13/h2-11H,12H2,1H3,(H,21,25).